The summed E-state index contributed by atoms with van der Waals surface area (Å²) in [6.45, 7) is 3.25. The molecular formula is C24H35ClN2OPRu+. The van der Waals surface area contributed by atoms with Gasteiger partial charge in [0.2, 0.25) is 0 Å². The Bertz CT molecular complexity index is 628. The van der Waals surface area contributed by atoms with Crippen LogP contribution in [-0.4, -0.2) is 29.3 Å². The Labute approximate surface area is 198 Å². The summed E-state index contributed by atoms with van der Waals surface area (Å²) in [6, 6.07) is 6.29. The Morgan fingerprint density at radius 1 is 1.00 bits per heavy atom. The zero-order valence-corrected chi connectivity index (χ0v) is 21.3. The second-order valence-electron chi connectivity index (χ2n) is 8.29. The monoisotopic (exact) mass is 535 g/mol. The van der Waals surface area contributed by atoms with Crippen molar-refractivity contribution in [3.63, 3.8) is 0 Å². The molecule has 6 heteroatoms. The normalized spacial score (nSPS) is 22.1. The Morgan fingerprint density at radius 3 is 2.13 bits per heavy atom. The molecule has 2 heterocycles. The summed E-state index contributed by atoms with van der Waals surface area (Å²) >= 11 is 1.62. The van der Waals surface area contributed by atoms with Crippen molar-refractivity contribution < 1.29 is 22.1 Å². The van der Waals surface area contributed by atoms with Gasteiger partial charge in [-0.1, -0.05) is 43.2 Å². The number of halogens is 1. The number of hydrogen-bond donors (Lipinski definition) is 0. The molecule has 0 radical (unpaired) electrons. The van der Waals surface area contributed by atoms with Gasteiger partial charge in [0.15, 0.2) is 0 Å². The summed E-state index contributed by atoms with van der Waals surface area (Å²) in [4.78, 5) is 12.3. The van der Waals surface area contributed by atoms with Crippen LogP contribution in [0.1, 0.15) is 75.9 Å². The molecule has 3 aliphatic rings. The predicted molar refractivity (Wildman–Crippen MR) is 128 cm³/mol. The molecule has 166 valence electrons. The Balaban J connectivity index is 0.000000757. The van der Waals surface area contributed by atoms with E-state index in [0.717, 1.165) is 17.0 Å². The number of pyridine rings is 1. The number of nitrogens with zero attached hydrogens (tertiary/aromatic N) is 2. The zero-order valence-electron chi connectivity index (χ0n) is 17.7. The van der Waals surface area contributed by atoms with Gasteiger partial charge in [-0.15, -0.1) is 5.70 Å². The van der Waals surface area contributed by atoms with Crippen LogP contribution in [0.5, 0.6) is 0 Å². The van der Waals surface area contributed by atoms with E-state index in [-0.39, 0.29) is 14.0 Å². The SMILES string of the molecule is C1=CC(c2ccccn2)[N-]C(C[PH+](C2CCCCC2)C2CCCCC2)=C1.[CH-]=O.[Cl][RuH+2]. The Morgan fingerprint density at radius 2 is 1.60 bits per heavy atom. The maximum absolute atomic E-state index is 7.75. The first-order valence-corrected chi connectivity index (χ1v) is 15.4. The fourth-order valence-electron chi connectivity index (χ4n) is 5.13. The molecule has 1 aromatic heterocycles. The van der Waals surface area contributed by atoms with Crippen LogP contribution in [0.2, 0.25) is 0 Å². The molecule has 0 aromatic carbocycles. The van der Waals surface area contributed by atoms with Gasteiger partial charge in [0, 0.05) is 19.8 Å². The van der Waals surface area contributed by atoms with Crippen LogP contribution in [0.3, 0.4) is 0 Å². The first kappa shape index (κ1) is 25.7. The van der Waals surface area contributed by atoms with Crippen molar-refractivity contribution in [2.75, 3.05) is 6.16 Å². The van der Waals surface area contributed by atoms with Gasteiger partial charge in [-0.3, -0.25) is 11.8 Å². The fourth-order valence-corrected chi connectivity index (χ4v) is 9.31. The molecule has 1 atom stereocenters. The molecule has 1 unspecified atom stereocenters. The van der Waals surface area contributed by atoms with Crippen LogP contribution < -0.4 is 0 Å². The van der Waals surface area contributed by atoms with Crippen molar-refractivity contribution in [3.05, 3.63) is 59.3 Å². The van der Waals surface area contributed by atoms with E-state index in [1.165, 1.54) is 76.1 Å². The Kier molecular flexibility index (Phi) is 13.1. The number of rotatable bonds is 5. The van der Waals surface area contributed by atoms with E-state index in [1.54, 1.807) is 17.3 Å². The van der Waals surface area contributed by atoms with Crippen LogP contribution in [0.25, 0.3) is 5.32 Å². The summed E-state index contributed by atoms with van der Waals surface area (Å²) in [7, 11) is 4.24. The summed E-state index contributed by atoms with van der Waals surface area (Å²) in [6.07, 6.45) is 24.7. The van der Waals surface area contributed by atoms with E-state index in [0.29, 0.717) is 0 Å². The van der Waals surface area contributed by atoms with E-state index < -0.39 is 0 Å². The summed E-state index contributed by atoms with van der Waals surface area (Å²) in [5.74, 6) is 0. The van der Waals surface area contributed by atoms with Crippen molar-refractivity contribution >= 4 is 24.4 Å². The minimum absolute atomic E-state index is 0.122. The van der Waals surface area contributed by atoms with Gasteiger partial charge in [0.25, 0.3) is 0 Å². The van der Waals surface area contributed by atoms with Gasteiger partial charge in [0.05, 0.1) is 17.5 Å². The number of allylic oxidation sites excluding steroid dienone is 3. The summed E-state index contributed by atoms with van der Waals surface area (Å²) in [5, 5.41) is 5.12. The van der Waals surface area contributed by atoms with Gasteiger partial charge in [-0.2, -0.15) is 0 Å². The van der Waals surface area contributed by atoms with Crippen LogP contribution in [0.15, 0.2) is 48.3 Å². The number of hydrogen-bond acceptors (Lipinski definition) is 2. The molecule has 0 bridgehead atoms. The zero-order chi connectivity index (χ0) is 21.6. The van der Waals surface area contributed by atoms with Crippen LogP contribution in [-0.2, 0) is 22.1 Å². The standard InChI is InChI=1S/C23H32N2P.CHO.ClH.Ru.H/c1-3-11-20(12-4-1)26(21-13-5-2-6-14-21)18-19-10-9-16-23(25-19)22-15-7-8-17-24-22;1-2;;;/h7-10,15-17,20-21,23H,1-6,11-14,18H2;1H;1H;;/q2*-1;;+3;. The third-order valence-corrected chi connectivity index (χ3v) is 10.5. The van der Waals surface area contributed by atoms with Crippen molar-refractivity contribution in [2.24, 2.45) is 0 Å². The Hall–Kier alpha value is -0.557. The van der Waals surface area contributed by atoms with E-state index >= 15 is 0 Å². The van der Waals surface area contributed by atoms with E-state index in [4.69, 9.17) is 10.1 Å². The average molecular weight is 535 g/mol. The molecule has 30 heavy (non-hydrogen) atoms. The van der Waals surface area contributed by atoms with Crippen molar-refractivity contribution in [1.29, 1.82) is 0 Å². The fraction of sp³-hybridized carbons (Fsp3) is 0.583. The van der Waals surface area contributed by atoms with Gasteiger partial charge in [0.1, 0.15) is 0 Å². The molecule has 3 nitrogen and oxygen atoms in total. The summed E-state index contributed by atoms with van der Waals surface area (Å²) in [5.41, 5.74) is 4.51. The minimum atomic E-state index is -0.366. The molecule has 0 saturated heterocycles. The van der Waals surface area contributed by atoms with E-state index in [9.17, 15) is 0 Å². The van der Waals surface area contributed by atoms with Crippen molar-refractivity contribution in [1.82, 2.24) is 4.98 Å². The van der Waals surface area contributed by atoms with Crippen molar-refractivity contribution in [2.45, 2.75) is 81.6 Å². The van der Waals surface area contributed by atoms with Gasteiger partial charge in [-0.05, 0) is 63.5 Å². The molecule has 0 N–H and O–H groups in total. The third kappa shape index (κ3) is 7.85. The topological polar surface area (TPSA) is 44.1 Å². The third-order valence-electron chi connectivity index (χ3n) is 6.52. The van der Waals surface area contributed by atoms with Gasteiger partial charge in [-0.25, -0.2) is 0 Å². The number of aromatic nitrogens is 1. The second-order valence-corrected chi connectivity index (χ2v) is 11.4. The molecule has 0 spiro atoms. The predicted octanol–water partition coefficient (Wildman–Crippen LogP) is 6.97. The average Bonchev–Trinajstić information content (AvgIpc) is 2.87. The maximum atomic E-state index is 7.75. The van der Waals surface area contributed by atoms with Gasteiger partial charge < -0.3 is 10.1 Å². The van der Waals surface area contributed by atoms with Crippen LogP contribution in [0.4, 0.5) is 0 Å². The summed E-state index contributed by atoms with van der Waals surface area (Å²) < 4.78 is 0. The second kappa shape index (κ2) is 15.3. The van der Waals surface area contributed by atoms with Crippen molar-refractivity contribution in [3.8, 4) is 0 Å². The molecule has 1 aliphatic heterocycles. The van der Waals surface area contributed by atoms with Crippen LogP contribution >= 0.6 is 17.6 Å². The van der Waals surface area contributed by atoms with E-state index in [1.807, 2.05) is 12.3 Å². The molecule has 0 amide bonds. The van der Waals surface area contributed by atoms with E-state index in [2.05, 4.69) is 51.8 Å². The number of carbonyl (C=O) groups excluding carboxylic acids is 1. The first-order valence-electron chi connectivity index (χ1n) is 11.1. The molecule has 1 aromatic rings. The molecule has 2 saturated carbocycles. The quantitative estimate of drug-likeness (QED) is 0.177. The molecule has 4 rings (SSSR count). The first-order chi connectivity index (χ1) is 14.9. The molecule has 2 fully saturated rings. The van der Waals surface area contributed by atoms with Crippen LogP contribution in [0, 0.1) is 0 Å². The molecule has 2 aliphatic carbocycles. The molecular weight excluding hydrogens is 500 g/mol. The van der Waals surface area contributed by atoms with Gasteiger partial charge >= 0.3 is 27.0 Å².